The minimum Gasteiger partial charge on any atom is -0.464 e. The van der Waals surface area contributed by atoms with Gasteiger partial charge in [0.25, 0.3) is 0 Å². The molecule has 94 valence electrons. The summed E-state index contributed by atoms with van der Waals surface area (Å²) >= 11 is 0. The maximum Gasteiger partial charge on any atom is 0.125 e. The molecule has 0 saturated carbocycles. The maximum absolute atomic E-state index is 6.28. The van der Waals surface area contributed by atoms with Crippen LogP contribution in [0.15, 0.2) is 34.7 Å². The third-order valence-electron chi connectivity index (χ3n) is 3.82. The van der Waals surface area contributed by atoms with E-state index >= 15 is 0 Å². The van der Waals surface area contributed by atoms with E-state index in [-0.39, 0.29) is 6.04 Å². The smallest absolute Gasteiger partial charge is 0.125 e. The molecule has 0 fully saturated rings. The number of hydrogen-bond donors (Lipinski definition) is 1. The highest BCUT2D eigenvalue weighted by atomic mass is 16.3. The molecule has 3 rings (SSSR count). The van der Waals surface area contributed by atoms with Crippen molar-refractivity contribution in [2.45, 2.75) is 38.6 Å². The number of benzene rings is 1. The fraction of sp³-hybridized carbons (Fsp3) is 0.375. The van der Waals surface area contributed by atoms with Gasteiger partial charge in [0.05, 0.1) is 6.04 Å². The summed E-state index contributed by atoms with van der Waals surface area (Å²) < 4.78 is 5.74. The third-order valence-corrected chi connectivity index (χ3v) is 3.82. The van der Waals surface area contributed by atoms with Gasteiger partial charge < -0.3 is 10.2 Å². The van der Waals surface area contributed by atoms with Gasteiger partial charge in [-0.3, -0.25) is 0 Å². The van der Waals surface area contributed by atoms with E-state index in [2.05, 4.69) is 25.1 Å². The van der Waals surface area contributed by atoms with Crippen molar-refractivity contribution < 1.29 is 4.42 Å². The molecule has 0 bridgehead atoms. The molecule has 1 aromatic carbocycles. The first-order chi connectivity index (χ1) is 8.78. The van der Waals surface area contributed by atoms with Crippen molar-refractivity contribution in [2.75, 3.05) is 0 Å². The maximum atomic E-state index is 6.28. The fourth-order valence-corrected chi connectivity index (χ4v) is 2.70. The zero-order chi connectivity index (χ0) is 12.5. The van der Waals surface area contributed by atoms with Crippen molar-refractivity contribution in [1.29, 1.82) is 0 Å². The van der Waals surface area contributed by atoms with E-state index in [9.17, 15) is 0 Å². The first kappa shape index (κ1) is 11.5. The van der Waals surface area contributed by atoms with Crippen LogP contribution in [0.3, 0.4) is 0 Å². The van der Waals surface area contributed by atoms with E-state index in [1.165, 1.54) is 30.4 Å². The number of hydrogen-bond acceptors (Lipinski definition) is 2. The van der Waals surface area contributed by atoms with E-state index in [1.807, 2.05) is 12.1 Å². The molecule has 2 aromatic rings. The summed E-state index contributed by atoms with van der Waals surface area (Å²) in [6.07, 6.45) is 4.59. The van der Waals surface area contributed by atoms with E-state index in [0.29, 0.717) is 0 Å². The molecule has 1 aromatic heterocycles. The topological polar surface area (TPSA) is 39.2 Å². The molecular weight excluding hydrogens is 222 g/mol. The number of fused-ring (bicyclic) bond motifs is 1. The van der Waals surface area contributed by atoms with Crippen LogP contribution in [0.2, 0.25) is 0 Å². The minimum atomic E-state index is -0.142. The Labute approximate surface area is 108 Å². The summed E-state index contributed by atoms with van der Waals surface area (Å²) in [6.45, 7) is 2.09. The van der Waals surface area contributed by atoms with E-state index in [1.54, 1.807) is 0 Å². The van der Waals surface area contributed by atoms with Gasteiger partial charge in [-0.1, -0.05) is 25.1 Å². The Morgan fingerprint density at radius 3 is 2.78 bits per heavy atom. The molecule has 0 aliphatic heterocycles. The monoisotopic (exact) mass is 241 g/mol. The molecule has 2 N–H and O–H groups in total. The SMILES string of the molecule is CCc1ccc(C(N)c2ccc3c(c2)CCC3)o1. The summed E-state index contributed by atoms with van der Waals surface area (Å²) in [5.74, 6) is 1.87. The van der Waals surface area contributed by atoms with Crippen LogP contribution in [-0.2, 0) is 19.3 Å². The van der Waals surface area contributed by atoms with Gasteiger partial charge in [-0.2, -0.15) is 0 Å². The summed E-state index contributed by atoms with van der Waals surface area (Å²) in [5, 5.41) is 0. The van der Waals surface area contributed by atoms with Gasteiger partial charge in [0.1, 0.15) is 11.5 Å². The average Bonchev–Trinajstić information content (AvgIpc) is 3.05. The highest BCUT2D eigenvalue weighted by Gasteiger charge is 2.16. The largest absolute Gasteiger partial charge is 0.464 e. The summed E-state index contributed by atoms with van der Waals surface area (Å²) in [7, 11) is 0. The highest BCUT2D eigenvalue weighted by molar-refractivity contribution is 5.38. The Bertz CT molecular complexity index is 556. The molecule has 0 amide bonds. The number of aryl methyl sites for hydroxylation is 3. The van der Waals surface area contributed by atoms with Crippen LogP contribution in [0.5, 0.6) is 0 Å². The second-order valence-corrected chi connectivity index (χ2v) is 5.02. The zero-order valence-corrected chi connectivity index (χ0v) is 10.8. The lowest BCUT2D eigenvalue weighted by atomic mass is 10.0. The molecule has 1 atom stereocenters. The highest BCUT2D eigenvalue weighted by Crippen LogP contribution is 2.28. The summed E-state index contributed by atoms with van der Waals surface area (Å²) in [5.41, 5.74) is 10.4. The molecule has 2 heteroatoms. The van der Waals surface area contributed by atoms with Gasteiger partial charge in [0, 0.05) is 6.42 Å². The van der Waals surface area contributed by atoms with Crippen LogP contribution in [-0.4, -0.2) is 0 Å². The number of rotatable bonds is 3. The van der Waals surface area contributed by atoms with E-state index in [0.717, 1.165) is 23.5 Å². The molecule has 2 nitrogen and oxygen atoms in total. The molecule has 1 heterocycles. The minimum absolute atomic E-state index is 0.142. The number of nitrogens with two attached hydrogens (primary N) is 1. The molecule has 0 saturated heterocycles. The lowest BCUT2D eigenvalue weighted by Crippen LogP contribution is -2.11. The Hall–Kier alpha value is -1.54. The van der Waals surface area contributed by atoms with Crippen LogP contribution in [0.1, 0.15) is 47.6 Å². The predicted molar refractivity (Wildman–Crippen MR) is 72.6 cm³/mol. The van der Waals surface area contributed by atoms with Crippen molar-refractivity contribution in [1.82, 2.24) is 0 Å². The number of furan rings is 1. The lowest BCUT2D eigenvalue weighted by Gasteiger charge is -2.11. The van der Waals surface area contributed by atoms with Gasteiger partial charge in [0.2, 0.25) is 0 Å². The van der Waals surface area contributed by atoms with Gasteiger partial charge in [0.15, 0.2) is 0 Å². The Morgan fingerprint density at radius 2 is 2.00 bits per heavy atom. The van der Waals surface area contributed by atoms with Gasteiger partial charge in [-0.15, -0.1) is 0 Å². The second-order valence-electron chi connectivity index (χ2n) is 5.02. The Morgan fingerprint density at radius 1 is 1.17 bits per heavy atom. The quantitative estimate of drug-likeness (QED) is 0.894. The van der Waals surface area contributed by atoms with Crippen molar-refractivity contribution in [3.05, 3.63) is 58.5 Å². The average molecular weight is 241 g/mol. The van der Waals surface area contributed by atoms with Crippen LogP contribution < -0.4 is 5.73 Å². The van der Waals surface area contributed by atoms with Gasteiger partial charge >= 0.3 is 0 Å². The van der Waals surface area contributed by atoms with Crippen molar-refractivity contribution in [3.63, 3.8) is 0 Å². The Kier molecular flexibility index (Phi) is 2.96. The normalized spacial score (nSPS) is 15.7. The van der Waals surface area contributed by atoms with E-state index < -0.39 is 0 Å². The summed E-state index contributed by atoms with van der Waals surface area (Å²) in [4.78, 5) is 0. The van der Waals surface area contributed by atoms with Crippen molar-refractivity contribution in [2.24, 2.45) is 5.73 Å². The zero-order valence-electron chi connectivity index (χ0n) is 10.8. The fourth-order valence-electron chi connectivity index (χ4n) is 2.70. The van der Waals surface area contributed by atoms with Gasteiger partial charge in [-0.25, -0.2) is 0 Å². The van der Waals surface area contributed by atoms with Crippen molar-refractivity contribution >= 4 is 0 Å². The van der Waals surface area contributed by atoms with Crippen molar-refractivity contribution in [3.8, 4) is 0 Å². The second kappa shape index (κ2) is 4.62. The lowest BCUT2D eigenvalue weighted by molar-refractivity contribution is 0.454. The molecule has 0 spiro atoms. The van der Waals surface area contributed by atoms with Crippen LogP contribution in [0, 0.1) is 0 Å². The summed E-state index contributed by atoms with van der Waals surface area (Å²) in [6, 6.07) is 10.5. The molecular formula is C16H19NO. The molecule has 18 heavy (non-hydrogen) atoms. The van der Waals surface area contributed by atoms with Crippen LogP contribution in [0.25, 0.3) is 0 Å². The van der Waals surface area contributed by atoms with Crippen LogP contribution >= 0.6 is 0 Å². The third kappa shape index (κ3) is 1.97. The predicted octanol–water partition coefficient (Wildman–Crippen LogP) is 3.38. The molecule has 1 unspecified atom stereocenters. The first-order valence-electron chi connectivity index (χ1n) is 6.74. The first-order valence-corrected chi connectivity index (χ1v) is 6.74. The van der Waals surface area contributed by atoms with Gasteiger partial charge in [-0.05, 0) is 48.1 Å². The van der Waals surface area contributed by atoms with E-state index in [4.69, 9.17) is 10.2 Å². The molecule has 1 aliphatic rings. The molecule has 0 radical (unpaired) electrons. The Balaban J connectivity index is 1.89. The van der Waals surface area contributed by atoms with Crippen LogP contribution in [0.4, 0.5) is 0 Å². The standard InChI is InChI=1S/C16H19NO/c1-2-14-8-9-15(18-14)16(17)13-7-6-11-4-3-5-12(11)10-13/h6-10,16H,2-5,17H2,1H3. The molecule has 1 aliphatic carbocycles.